The monoisotopic (exact) mass is 898 g/mol. The topological polar surface area (TPSA) is 362 Å². The Kier molecular flexibility index (Phi) is 21.9. The van der Waals surface area contributed by atoms with Gasteiger partial charge in [-0.2, -0.15) is 0 Å². The molecule has 0 unspecified atom stereocenters. The summed E-state index contributed by atoms with van der Waals surface area (Å²) in [6.45, 7) is 4.91. The van der Waals surface area contributed by atoms with Crippen LogP contribution < -0.4 is 43.0 Å². The predicted molar refractivity (Wildman–Crippen MR) is 227 cm³/mol. The number of carbonyl (C=O) groups excluding carboxylic acids is 8. The number of amides is 8. The van der Waals surface area contributed by atoms with Gasteiger partial charge in [-0.3, -0.25) is 47.9 Å². The van der Waals surface area contributed by atoms with Gasteiger partial charge in [-0.25, -0.2) is 0 Å². The summed E-state index contributed by atoms with van der Waals surface area (Å²) in [7, 11) is 0. The second-order valence-electron chi connectivity index (χ2n) is 15.4. The number of carboxylic acids is 2. The summed E-state index contributed by atoms with van der Waals surface area (Å²) in [5.41, 5.74) is 7.25. The first-order valence-electron chi connectivity index (χ1n) is 20.4. The average Bonchev–Trinajstić information content (AvgIpc) is 3.23. The van der Waals surface area contributed by atoms with Gasteiger partial charge < -0.3 is 63.4 Å². The van der Waals surface area contributed by atoms with Crippen molar-refractivity contribution < 1.29 is 68.4 Å². The number of rotatable bonds is 27. The number of carboxylic acid groups (broad SMARTS) is 2. The second-order valence-corrected chi connectivity index (χ2v) is 15.4. The molecular weight excluding hydrogens is 841 g/mol. The van der Waals surface area contributed by atoms with Crippen molar-refractivity contribution in [3.05, 3.63) is 65.2 Å². The van der Waals surface area contributed by atoms with Gasteiger partial charge in [0.2, 0.25) is 41.4 Å². The number of aliphatic carboxylic acids is 2. The number of hydrogen-bond donors (Lipinski definition) is 12. The van der Waals surface area contributed by atoms with E-state index in [9.17, 15) is 63.3 Å². The molecule has 0 saturated carbocycles. The van der Waals surface area contributed by atoms with Crippen molar-refractivity contribution in [2.45, 2.75) is 109 Å². The number of phenolic OH excluding ortho intramolecular Hbond substituents is 1. The molecule has 0 heterocycles. The molecule has 2 rings (SSSR count). The smallest absolute Gasteiger partial charge is 0.303 e. The highest BCUT2D eigenvalue weighted by Crippen LogP contribution is 2.14. The van der Waals surface area contributed by atoms with Crippen molar-refractivity contribution in [2.75, 3.05) is 13.2 Å². The molecule has 22 heteroatoms. The third-order valence-electron chi connectivity index (χ3n) is 9.53. The third kappa shape index (κ3) is 19.3. The molecule has 0 aliphatic rings. The summed E-state index contributed by atoms with van der Waals surface area (Å²) >= 11 is 0. The van der Waals surface area contributed by atoms with E-state index in [4.69, 9.17) is 10.8 Å². The normalized spacial score (nSPS) is 13.7. The predicted octanol–water partition coefficient (Wildman–Crippen LogP) is -1.75. The van der Waals surface area contributed by atoms with Crippen LogP contribution in [0.5, 0.6) is 5.75 Å². The largest absolute Gasteiger partial charge is 0.508 e. The molecule has 0 saturated heterocycles. The van der Waals surface area contributed by atoms with Gasteiger partial charge in [-0.1, -0.05) is 43.7 Å². The first kappa shape index (κ1) is 53.0. The van der Waals surface area contributed by atoms with Gasteiger partial charge in [0, 0.05) is 18.4 Å². The van der Waals surface area contributed by atoms with Crippen LogP contribution in [0, 0.1) is 12.8 Å². The molecule has 2 aromatic rings. The molecule has 13 N–H and O–H groups in total. The highest BCUT2D eigenvalue weighted by molar-refractivity contribution is 5.99. The first-order chi connectivity index (χ1) is 30.1. The van der Waals surface area contributed by atoms with Crippen molar-refractivity contribution in [2.24, 2.45) is 11.7 Å². The van der Waals surface area contributed by atoms with Gasteiger partial charge in [0.05, 0.1) is 13.2 Å². The zero-order chi connectivity index (χ0) is 48.1. The third-order valence-corrected chi connectivity index (χ3v) is 9.53. The minimum absolute atomic E-state index is 0.0198. The summed E-state index contributed by atoms with van der Waals surface area (Å²) < 4.78 is 0. The van der Waals surface area contributed by atoms with Gasteiger partial charge in [-0.05, 0) is 81.7 Å². The van der Waals surface area contributed by atoms with E-state index in [-0.39, 0.29) is 37.4 Å². The molecule has 6 atom stereocenters. The van der Waals surface area contributed by atoms with E-state index in [1.54, 1.807) is 50.2 Å². The second kappa shape index (κ2) is 26.4. The standard InChI is InChI=1S/C42H58N8O14/c1-22(2)19-31(41(63)48-30(14-9-25-7-12-27(52)13-8-25)40(62)47-28(36(43)58)15-17-34(54)55)49-42(64)32(21-51)50-39(61)29(16-18-35(56)57)46-33(53)20-44-37(59)24(4)45-38(60)26-10-5-23(3)6-11-26/h5-8,10-13,22,24,28-32,51-52H,9,14-21H2,1-4H3,(H2,43,58)(H,44,59)(H,45,60)(H,46,53)(H,47,62)(H,48,63)(H,49,64)(H,50,61)(H,54,55)(H,56,57)/t24-,28-,29-,30-,31-,32-/m0/s1. The van der Waals surface area contributed by atoms with Gasteiger partial charge in [0.1, 0.15) is 42.0 Å². The number of phenols is 1. The Hall–Kier alpha value is -7.10. The van der Waals surface area contributed by atoms with E-state index in [2.05, 4.69) is 37.2 Å². The van der Waals surface area contributed by atoms with Crippen LogP contribution in [0.15, 0.2) is 48.5 Å². The van der Waals surface area contributed by atoms with E-state index in [1.165, 1.54) is 19.1 Å². The summed E-state index contributed by atoms with van der Waals surface area (Å²) in [5, 5.41) is 54.8. The Morgan fingerprint density at radius 1 is 0.594 bits per heavy atom. The summed E-state index contributed by atoms with van der Waals surface area (Å²) in [4.78, 5) is 127. The molecule has 350 valence electrons. The number of aryl methyl sites for hydroxylation is 2. The van der Waals surface area contributed by atoms with Gasteiger partial charge in [0.15, 0.2) is 0 Å². The number of aliphatic hydroxyl groups excluding tert-OH is 1. The molecule has 0 aliphatic heterocycles. The Balaban J connectivity index is 2.18. The fourth-order valence-corrected chi connectivity index (χ4v) is 5.94. The number of nitrogens with two attached hydrogens (primary N) is 1. The summed E-state index contributed by atoms with van der Waals surface area (Å²) in [5.74, 6) is -10.1. The van der Waals surface area contributed by atoms with Crippen LogP contribution >= 0.6 is 0 Å². The molecule has 0 spiro atoms. The molecule has 0 radical (unpaired) electrons. The zero-order valence-electron chi connectivity index (χ0n) is 36.0. The minimum atomic E-state index is -1.75. The van der Waals surface area contributed by atoms with Crippen LogP contribution in [0.2, 0.25) is 0 Å². The van der Waals surface area contributed by atoms with E-state index < -0.39 is 128 Å². The highest BCUT2D eigenvalue weighted by atomic mass is 16.4. The molecule has 0 bridgehead atoms. The number of hydrogen-bond acceptors (Lipinski definition) is 12. The van der Waals surface area contributed by atoms with E-state index >= 15 is 0 Å². The Labute approximate surface area is 368 Å². The number of primary amides is 1. The highest BCUT2D eigenvalue weighted by Gasteiger charge is 2.33. The van der Waals surface area contributed by atoms with Gasteiger partial charge >= 0.3 is 11.9 Å². The van der Waals surface area contributed by atoms with Crippen LogP contribution in [0.3, 0.4) is 0 Å². The molecule has 22 nitrogen and oxygen atoms in total. The Morgan fingerprint density at radius 3 is 1.61 bits per heavy atom. The maximum atomic E-state index is 13.8. The van der Waals surface area contributed by atoms with E-state index in [0.717, 1.165) is 5.56 Å². The number of benzene rings is 2. The lowest BCUT2D eigenvalue weighted by Crippen LogP contribution is -2.60. The Bertz CT molecular complexity index is 1980. The number of carbonyl (C=O) groups is 10. The van der Waals surface area contributed by atoms with Crippen LogP contribution in [0.4, 0.5) is 0 Å². The number of aromatic hydroxyl groups is 1. The lowest BCUT2D eigenvalue weighted by molar-refractivity contribution is -0.139. The fraction of sp³-hybridized carbons (Fsp3) is 0.476. The van der Waals surface area contributed by atoms with Crippen molar-refractivity contribution in [1.29, 1.82) is 0 Å². The number of nitrogens with one attached hydrogen (secondary N) is 7. The Morgan fingerprint density at radius 2 is 1.08 bits per heavy atom. The molecule has 8 amide bonds. The maximum Gasteiger partial charge on any atom is 0.303 e. The van der Waals surface area contributed by atoms with Crippen LogP contribution in [0.1, 0.15) is 80.8 Å². The number of aliphatic hydroxyl groups is 1. The van der Waals surface area contributed by atoms with E-state index in [1.807, 2.05) is 6.92 Å². The van der Waals surface area contributed by atoms with E-state index in [0.29, 0.717) is 11.1 Å². The lowest BCUT2D eigenvalue weighted by Gasteiger charge is -2.27. The first-order valence-corrected chi connectivity index (χ1v) is 20.4. The molecular formula is C42H58N8O14. The minimum Gasteiger partial charge on any atom is -0.508 e. The SMILES string of the molecule is Cc1ccc(C(=O)N[C@@H](C)C(=O)NCC(=O)N[C@@H](CCC(=O)O)C(=O)N[C@@H](CO)C(=O)N[C@@H](CC(C)C)C(=O)N[C@@H](CCc2ccc(O)cc2)C(=O)N[C@@H](CCC(=O)O)C(N)=O)cc1. The molecule has 64 heavy (non-hydrogen) atoms. The summed E-state index contributed by atoms with van der Waals surface area (Å²) in [6, 6.07) is 3.91. The van der Waals surface area contributed by atoms with Gasteiger partial charge in [-0.15, -0.1) is 0 Å². The van der Waals surface area contributed by atoms with Gasteiger partial charge in [0.25, 0.3) is 5.91 Å². The lowest BCUT2D eigenvalue weighted by atomic mass is 10.00. The molecule has 0 aliphatic carbocycles. The molecule has 0 aromatic heterocycles. The van der Waals surface area contributed by atoms with Crippen LogP contribution in [0.25, 0.3) is 0 Å². The fourth-order valence-electron chi connectivity index (χ4n) is 5.94. The molecule has 0 fully saturated rings. The van der Waals surface area contributed by atoms with Crippen LogP contribution in [-0.2, 0) is 49.6 Å². The zero-order valence-corrected chi connectivity index (χ0v) is 36.0. The molecule has 2 aromatic carbocycles. The maximum absolute atomic E-state index is 13.8. The van der Waals surface area contributed by atoms with Crippen molar-refractivity contribution in [3.8, 4) is 5.75 Å². The quantitative estimate of drug-likeness (QED) is 0.0473. The van der Waals surface area contributed by atoms with Crippen molar-refractivity contribution in [1.82, 2.24) is 37.2 Å². The van der Waals surface area contributed by atoms with Crippen LogP contribution in [-0.4, -0.2) is 129 Å². The van der Waals surface area contributed by atoms with Crippen molar-refractivity contribution >= 4 is 59.2 Å². The van der Waals surface area contributed by atoms with Crippen molar-refractivity contribution in [3.63, 3.8) is 0 Å². The average molecular weight is 899 g/mol. The summed E-state index contributed by atoms with van der Waals surface area (Å²) in [6.07, 6.45) is -1.92.